The Balaban J connectivity index is 1.63. The Labute approximate surface area is 177 Å². The molecule has 0 aliphatic heterocycles. The topological polar surface area (TPSA) is 104 Å². The fourth-order valence-corrected chi connectivity index (χ4v) is 4.31. The molecule has 3 aromatic rings. The number of benzene rings is 1. The van der Waals surface area contributed by atoms with Gasteiger partial charge in [-0.3, -0.25) is 9.59 Å². The molecule has 2 N–H and O–H groups in total. The Bertz CT molecular complexity index is 1130. The summed E-state index contributed by atoms with van der Waals surface area (Å²) in [7, 11) is 0. The third-order valence-electron chi connectivity index (χ3n) is 4.72. The molecule has 2 aromatic heterocycles. The molecule has 0 radical (unpaired) electrons. The van der Waals surface area contributed by atoms with Crippen molar-refractivity contribution in [1.29, 1.82) is 0 Å². The Morgan fingerprint density at radius 2 is 1.83 bits per heavy atom. The predicted molar refractivity (Wildman–Crippen MR) is 119 cm³/mol. The Morgan fingerprint density at radius 1 is 1.17 bits per heavy atom. The fourth-order valence-electron chi connectivity index (χ4n) is 3.18. The van der Waals surface area contributed by atoms with Gasteiger partial charge in [-0.15, -0.1) is 11.3 Å². The van der Waals surface area contributed by atoms with Gasteiger partial charge in [0.15, 0.2) is 6.61 Å². The number of carbonyl (C=O) groups is 2. The molecule has 0 saturated carbocycles. The molecule has 1 aromatic carbocycles. The number of aromatic amines is 1. The number of anilines is 2. The quantitative estimate of drug-likeness (QED) is 0.560. The Kier molecular flexibility index (Phi) is 6.51. The highest BCUT2D eigenvalue weighted by atomic mass is 32.1. The van der Waals surface area contributed by atoms with Crippen LogP contribution >= 0.6 is 11.3 Å². The SMILES string of the molecule is CCN(CC)c1ccc(NC(=O)COC(=O)c2sc3nc(C)[nH]c(=O)c3c2C)cc1. The zero-order valence-corrected chi connectivity index (χ0v) is 18.2. The second-order valence-corrected chi connectivity index (χ2v) is 7.73. The molecule has 0 bridgehead atoms. The van der Waals surface area contributed by atoms with Gasteiger partial charge in [-0.05, 0) is 57.5 Å². The lowest BCUT2D eigenvalue weighted by molar-refractivity contribution is -0.119. The molecule has 1 amide bonds. The summed E-state index contributed by atoms with van der Waals surface area (Å²) < 4.78 is 5.15. The number of thiophene rings is 1. The number of H-pyrrole nitrogens is 1. The van der Waals surface area contributed by atoms with E-state index in [1.807, 2.05) is 24.3 Å². The number of carbonyl (C=O) groups excluding carboxylic acids is 2. The summed E-state index contributed by atoms with van der Waals surface area (Å²) in [6, 6.07) is 7.48. The van der Waals surface area contributed by atoms with E-state index in [1.54, 1.807) is 13.8 Å². The van der Waals surface area contributed by atoms with E-state index in [0.717, 1.165) is 30.1 Å². The summed E-state index contributed by atoms with van der Waals surface area (Å²) in [5, 5.41) is 3.08. The number of ether oxygens (including phenoxy) is 1. The number of esters is 1. The van der Waals surface area contributed by atoms with Gasteiger partial charge in [0.1, 0.15) is 15.5 Å². The van der Waals surface area contributed by atoms with E-state index in [2.05, 4.69) is 34.0 Å². The highest BCUT2D eigenvalue weighted by Gasteiger charge is 2.21. The maximum atomic E-state index is 12.4. The first-order valence-electron chi connectivity index (χ1n) is 9.66. The third-order valence-corrected chi connectivity index (χ3v) is 5.88. The number of nitrogens with zero attached hydrogens (tertiary/aromatic N) is 2. The molecular weight excluding hydrogens is 404 g/mol. The van der Waals surface area contributed by atoms with Gasteiger partial charge in [0.25, 0.3) is 11.5 Å². The average Bonchev–Trinajstić information content (AvgIpc) is 3.05. The monoisotopic (exact) mass is 428 g/mol. The highest BCUT2D eigenvalue weighted by Crippen LogP contribution is 2.27. The van der Waals surface area contributed by atoms with Crippen molar-refractivity contribution >= 4 is 44.8 Å². The summed E-state index contributed by atoms with van der Waals surface area (Å²) in [4.78, 5) is 46.5. The minimum absolute atomic E-state index is 0.268. The normalized spacial score (nSPS) is 10.8. The minimum Gasteiger partial charge on any atom is -0.451 e. The van der Waals surface area contributed by atoms with Crippen LogP contribution in [-0.4, -0.2) is 41.5 Å². The summed E-state index contributed by atoms with van der Waals surface area (Å²) in [6.07, 6.45) is 0. The first-order valence-corrected chi connectivity index (χ1v) is 10.5. The van der Waals surface area contributed by atoms with Gasteiger partial charge in [-0.2, -0.15) is 0 Å². The van der Waals surface area contributed by atoms with E-state index in [-0.39, 0.29) is 10.4 Å². The number of hydrogen-bond acceptors (Lipinski definition) is 7. The van der Waals surface area contributed by atoms with E-state index < -0.39 is 18.5 Å². The molecule has 3 rings (SSSR count). The van der Waals surface area contributed by atoms with E-state index >= 15 is 0 Å². The van der Waals surface area contributed by atoms with Crippen LogP contribution in [0.1, 0.15) is 34.9 Å². The van der Waals surface area contributed by atoms with Crippen LogP contribution in [0.5, 0.6) is 0 Å². The molecule has 2 heterocycles. The van der Waals surface area contributed by atoms with Gasteiger partial charge in [-0.25, -0.2) is 9.78 Å². The molecule has 8 nitrogen and oxygen atoms in total. The zero-order valence-electron chi connectivity index (χ0n) is 17.4. The molecule has 0 aliphatic rings. The van der Waals surface area contributed by atoms with Crippen molar-refractivity contribution in [2.24, 2.45) is 0 Å². The highest BCUT2D eigenvalue weighted by molar-refractivity contribution is 7.20. The lowest BCUT2D eigenvalue weighted by Gasteiger charge is -2.21. The minimum atomic E-state index is -0.653. The second-order valence-electron chi connectivity index (χ2n) is 6.73. The number of rotatable bonds is 7. The molecular formula is C21H24N4O4S. The van der Waals surface area contributed by atoms with Crippen LogP contribution in [-0.2, 0) is 9.53 Å². The standard InChI is InChI=1S/C21H24N4O4S/c1-5-25(6-2)15-9-7-14(8-10-15)24-16(26)11-29-21(28)18-12(3)17-19(27)22-13(4)23-20(17)30-18/h7-10H,5-6,11H2,1-4H3,(H,24,26)(H,22,23,27). The van der Waals surface area contributed by atoms with Crippen molar-refractivity contribution in [3.63, 3.8) is 0 Å². The van der Waals surface area contributed by atoms with Gasteiger partial charge in [0.2, 0.25) is 0 Å². The lowest BCUT2D eigenvalue weighted by Crippen LogP contribution is -2.22. The lowest BCUT2D eigenvalue weighted by atomic mass is 10.2. The van der Waals surface area contributed by atoms with E-state index in [9.17, 15) is 14.4 Å². The first kappa shape index (κ1) is 21.5. The van der Waals surface area contributed by atoms with Gasteiger partial charge in [0.05, 0.1) is 5.39 Å². The van der Waals surface area contributed by atoms with E-state index in [4.69, 9.17) is 4.74 Å². The molecule has 158 valence electrons. The summed E-state index contributed by atoms with van der Waals surface area (Å²) >= 11 is 1.08. The van der Waals surface area contributed by atoms with Crippen molar-refractivity contribution in [2.45, 2.75) is 27.7 Å². The van der Waals surface area contributed by atoms with Crippen LogP contribution in [0.15, 0.2) is 29.1 Å². The maximum absolute atomic E-state index is 12.4. The predicted octanol–water partition coefficient (Wildman–Crippen LogP) is 3.24. The molecule has 30 heavy (non-hydrogen) atoms. The van der Waals surface area contributed by atoms with Crippen LogP contribution in [0.25, 0.3) is 10.2 Å². The smallest absolute Gasteiger partial charge is 0.349 e. The van der Waals surface area contributed by atoms with Crippen molar-refractivity contribution in [2.75, 3.05) is 29.9 Å². The van der Waals surface area contributed by atoms with Crippen LogP contribution in [0.4, 0.5) is 11.4 Å². The molecule has 0 atom stereocenters. The second kappa shape index (κ2) is 9.08. The molecule has 0 fully saturated rings. The molecule has 0 saturated heterocycles. The Morgan fingerprint density at radius 3 is 2.47 bits per heavy atom. The summed E-state index contributed by atoms with van der Waals surface area (Å²) in [6.45, 7) is 8.88. The molecule has 0 aliphatic carbocycles. The van der Waals surface area contributed by atoms with Crippen LogP contribution < -0.4 is 15.8 Å². The van der Waals surface area contributed by atoms with Gasteiger partial charge < -0.3 is 19.9 Å². The first-order chi connectivity index (χ1) is 14.3. The van der Waals surface area contributed by atoms with Crippen molar-refractivity contribution in [3.8, 4) is 0 Å². The number of hydrogen-bond donors (Lipinski definition) is 2. The maximum Gasteiger partial charge on any atom is 0.349 e. The van der Waals surface area contributed by atoms with E-state index in [1.165, 1.54) is 0 Å². The molecule has 0 unspecified atom stereocenters. The van der Waals surface area contributed by atoms with Gasteiger partial charge in [-0.1, -0.05) is 0 Å². The number of aryl methyl sites for hydroxylation is 2. The van der Waals surface area contributed by atoms with Crippen molar-refractivity contribution in [1.82, 2.24) is 9.97 Å². The van der Waals surface area contributed by atoms with Crippen molar-refractivity contribution < 1.29 is 14.3 Å². The van der Waals surface area contributed by atoms with E-state index in [0.29, 0.717) is 27.3 Å². The Hall–Kier alpha value is -3.20. The summed E-state index contributed by atoms with van der Waals surface area (Å²) in [5.74, 6) is -0.621. The number of aromatic nitrogens is 2. The van der Waals surface area contributed by atoms with Gasteiger partial charge in [0, 0.05) is 24.5 Å². The zero-order chi connectivity index (χ0) is 21.8. The molecule has 0 spiro atoms. The number of amides is 1. The molecule has 9 heteroatoms. The van der Waals surface area contributed by atoms with Crippen molar-refractivity contribution in [3.05, 3.63) is 50.9 Å². The van der Waals surface area contributed by atoms with Crippen LogP contribution in [0, 0.1) is 13.8 Å². The third kappa shape index (κ3) is 4.51. The fraction of sp³-hybridized carbons (Fsp3) is 0.333. The number of fused-ring (bicyclic) bond motifs is 1. The van der Waals surface area contributed by atoms with Crippen LogP contribution in [0.3, 0.4) is 0 Å². The average molecular weight is 429 g/mol. The van der Waals surface area contributed by atoms with Crippen LogP contribution in [0.2, 0.25) is 0 Å². The van der Waals surface area contributed by atoms with Gasteiger partial charge >= 0.3 is 5.97 Å². The largest absolute Gasteiger partial charge is 0.451 e. The summed E-state index contributed by atoms with van der Waals surface area (Å²) in [5.41, 5.74) is 1.90. The number of nitrogens with one attached hydrogen (secondary N) is 2.